The lowest BCUT2D eigenvalue weighted by atomic mass is 10.1. The Kier molecular flexibility index (Phi) is 6.22. The Morgan fingerprint density at radius 3 is 2.78 bits per heavy atom. The van der Waals surface area contributed by atoms with E-state index in [-0.39, 0.29) is 11.9 Å². The highest BCUT2D eigenvalue weighted by Crippen LogP contribution is 2.11. The number of aliphatic hydroxyl groups excluding tert-OH is 1. The van der Waals surface area contributed by atoms with Crippen LogP contribution in [0, 0.1) is 0 Å². The first-order chi connectivity index (χ1) is 8.52. The lowest BCUT2D eigenvalue weighted by Crippen LogP contribution is -2.34. The zero-order valence-corrected chi connectivity index (χ0v) is 12.0. The molecule has 2 N–H and O–H groups in total. The maximum atomic E-state index is 12.0. The molecule has 2 unspecified atom stereocenters. The van der Waals surface area contributed by atoms with Crippen molar-refractivity contribution in [3.8, 4) is 0 Å². The van der Waals surface area contributed by atoms with Crippen LogP contribution in [-0.2, 0) is 5.75 Å². The molecule has 3 nitrogen and oxygen atoms in total. The molecule has 100 valence electrons. The number of benzene rings is 1. The van der Waals surface area contributed by atoms with Crippen molar-refractivity contribution in [2.75, 3.05) is 6.26 Å². The Morgan fingerprint density at radius 1 is 1.44 bits per heavy atom. The number of thioether (sulfide) groups is 1. The second-order valence-corrected chi connectivity index (χ2v) is 5.46. The van der Waals surface area contributed by atoms with Gasteiger partial charge in [-0.2, -0.15) is 11.8 Å². The first-order valence-corrected chi connectivity index (χ1v) is 7.49. The molecule has 0 aliphatic heterocycles. The van der Waals surface area contributed by atoms with Crippen LogP contribution in [0.4, 0.5) is 0 Å². The summed E-state index contributed by atoms with van der Waals surface area (Å²) in [6, 6.07) is 7.63. The molecule has 18 heavy (non-hydrogen) atoms. The van der Waals surface area contributed by atoms with E-state index in [4.69, 9.17) is 0 Å². The molecule has 0 saturated carbocycles. The van der Waals surface area contributed by atoms with Gasteiger partial charge in [0, 0.05) is 17.4 Å². The fourth-order valence-electron chi connectivity index (χ4n) is 1.85. The lowest BCUT2D eigenvalue weighted by Gasteiger charge is -2.15. The van der Waals surface area contributed by atoms with Gasteiger partial charge in [-0.15, -0.1) is 0 Å². The van der Waals surface area contributed by atoms with Gasteiger partial charge >= 0.3 is 0 Å². The van der Waals surface area contributed by atoms with Crippen molar-refractivity contribution in [1.82, 2.24) is 5.32 Å². The van der Waals surface area contributed by atoms with Crippen molar-refractivity contribution in [2.24, 2.45) is 0 Å². The van der Waals surface area contributed by atoms with E-state index >= 15 is 0 Å². The van der Waals surface area contributed by atoms with Crippen LogP contribution in [0.25, 0.3) is 0 Å². The van der Waals surface area contributed by atoms with Crippen LogP contribution in [-0.4, -0.2) is 29.4 Å². The number of amides is 1. The fraction of sp³-hybridized carbons (Fsp3) is 0.500. The van der Waals surface area contributed by atoms with Crippen LogP contribution >= 0.6 is 11.8 Å². The van der Waals surface area contributed by atoms with Crippen LogP contribution < -0.4 is 5.32 Å². The van der Waals surface area contributed by atoms with E-state index in [2.05, 4.69) is 5.32 Å². The number of rotatable bonds is 6. The molecule has 2 atom stereocenters. The van der Waals surface area contributed by atoms with Crippen LogP contribution in [0.5, 0.6) is 0 Å². The number of carbonyl (C=O) groups is 1. The van der Waals surface area contributed by atoms with Crippen LogP contribution in [0.1, 0.15) is 36.2 Å². The summed E-state index contributed by atoms with van der Waals surface area (Å²) in [6.07, 6.45) is 2.20. The predicted molar refractivity (Wildman–Crippen MR) is 76.9 cm³/mol. The fourth-order valence-corrected chi connectivity index (χ4v) is 2.36. The largest absolute Gasteiger partial charge is 0.393 e. The van der Waals surface area contributed by atoms with Gasteiger partial charge in [-0.25, -0.2) is 0 Å². The molecule has 0 aliphatic rings. The van der Waals surface area contributed by atoms with Gasteiger partial charge in [0.05, 0.1) is 6.10 Å². The second kappa shape index (κ2) is 7.44. The topological polar surface area (TPSA) is 49.3 Å². The smallest absolute Gasteiger partial charge is 0.251 e. The van der Waals surface area contributed by atoms with Crippen LogP contribution in [0.3, 0.4) is 0 Å². The molecule has 1 rings (SSSR count). The molecule has 0 bridgehead atoms. The molecule has 0 spiro atoms. The highest BCUT2D eigenvalue weighted by Gasteiger charge is 2.11. The summed E-state index contributed by atoms with van der Waals surface area (Å²) in [7, 11) is 0. The van der Waals surface area contributed by atoms with Gasteiger partial charge in [-0.05, 0) is 44.2 Å². The molecule has 1 aromatic carbocycles. The summed E-state index contributed by atoms with van der Waals surface area (Å²) in [4.78, 5) is 12.0. The Balaban J connectivity index is 2.63. The molecule has 1 amide bonds. The number of aliphatic hydroxyl groups is 1. The van der Waals surface area contributed by atoms with Gasteiger partial charge in [0.2, 0.25) is 0 Å². The number of nitrogens with one attached hydrogen (secondary N) is 1. The molecule has 1 aromatic rings. The van der Waals surface area contributed by atoms with Gasteiger partial charge in [0.1, 0.15) is 0 Å². The van der Waals surface area contributed by atoms with E-state index in [0.717, 1.165) is 11.3 Å². The zero-order valence-electron chi connectivity index (χ0n) is 11.1. The van der Waals surface area contributed by atoms with Gasteiger partial charge < -0.3 is 10.4 Å². The van der Waals surface area contributed by atoms with E-state index in [1.807, 2.05) is 37.4 Å². The Bertz CT molecular complexity index is 393. The van der Waals surface area contributed by atoms with E-state index < -0.39 is 6.10 Å². The van der Waals surface area contributed by atoms with Crippen molar-refractivity contribution >= 4 is 17.7 Å². The minimum atomic E-state index is -0.400. The summed E-state index contributed by atoms with van der Waals surface area (Å²) in [5.41, 5.74) is 1.83. The van der Waals surface area contributed by atoms with Crippen LogP contribution in [0.2, 0.25) is 0 Å². The Labute approximate surface area is 113 Å². The molecule has 0 fully saturated rings. The Morgan fingerprint density at radius 2 is 2.17 bits per heavy atom. The van der Waals surface area contributed by atoms with E-state index in [9.17, 15) is 9.90 Å². The standard InChI is InChI=1S/C14H21NO2S/c1-10(7-11(2)16)15-14(17)13-6-4-5-12(8-13)9-18-3/h4-6,8,10-11,16H,7,9H2,1-3H3,(H,15,17). The normalized spacial score (nSPS) is 14.0. The number of hydrogen-bond donors (Lipinski definition) is 2. The highest BCUT2D eigenvalue weighted by atomic mass is 32.2. The van der Waals surface area contributed by atoms with Crippen molar-refractivity contribution < 1.29 is 9.90 Å². The molecular formula is C14H21NO2S. The number of carbonyl (C=O) groups excluding carboxylic acids is 1. The zero-order chi connectivity index (χ0) is 13.5. The second-order valence-electron chi connectivity index (χ2n) is 4.59. The third-order valence-corrected chi connectivity index (χ3v) is 3.19. The lowest BCUT2D eigenvalue weighted by molar-refractivity contribution is 0.0923. The SMILES string of the molecule is CSCc1cccc(C(=O)NC(C)CC(C)O)c1. The molecule has 0 saturated heterocycles. The Hall–Kier alpha value is -1.00. The van der Waals surface area contributed by atoms with Crippen LogP contribution in [0.15, 0.2) is 24.3 Å². The van der Waals surface area contributed by atoms with E-state index in [1.165, 1.54) is 0 Å². The minimum Gasteiger partial charge on any atom is -0.393 e. The van der Waals surface area contributed by atoms with Crippen molar-refractivity contribution in [3.63, 3.8) is 0 Å². The molecule has 0 radical (unpaired) electrons. The van der Waals surface area contributed by atoms with Crippen molar-refractivity contribution in [1.29, 1.82) is 0 Å². The predicted octanol–water partition coefficient (Wildman–Crippen LogP) is 2.44. The van der Waals surface area contributed by atoms with Crippen molar-refractivity contribution in [3.05, 3.63) is 35.4 Å². The summed E-state index contributed by atoms with van der Waals surface area (Å²) in [6.45, 7) is 3.62. The van der Waals surface area contributed by atoms with E-state index in [0.29, 0.717) is 12.0 Å². The van der Waals surface area contributed by atoms with E-state index in [1.54, 1.807) is 18.7 Å². The maximum Gasteiger partial charge on any atom is 0.251 e. The maximum absolute atomic E-state index is 12.0. The summed E-state index contributed by atoms with van der Waals surface area (Å²) < 4.78 is 0. The third-order valence-electron chi connectivity index (χ3n) is 2.57. The molecular weight excluding hydrogens is 246 g/mol. The first kappa shape index (κ1) is 15.1. The monoisotopic (exact) mass is 267 g/mol. The van der Waals surface area contributed by atoms with Gasteiger partial charge in [0.25, 0.3) is 5.91 Å². The highest BCUT2D eigenvalue weighted by molar-refractivity contribution is 7.97. The van der Waals surface area contributed by atoms with Gasteiger partial charge in [-0.1, -0.05) is 12.1 Å². The van der Waals surface area contributed by atoms with Gasteiger partial charge in [0.15, 0.2) is 0 Å². The summed E-state index contributed by atoms with van der Waals surface area (Å²) in [5, 5.41) is 12.2. The molecule has 4 heteroatoms. The van der Waals surface area contributed by atoms with Crippen molar-refractivity contribution in [2.45, 2.75) is 38.2 Å². The van der Waals surface area contributed by atoms with Gasteiger partial charge in [-0.3, -0.25) is 4.79 Å². The molecule has 0 heterocycles. The number of hydrogen-bond acceptors (Lipinski definition) is 3. The average Bonchev–Trinajstić information content (AvgIpc) is 2.28. The summed E-state index contributed by atoms with van der Waals surface area (Å²) in [5.74, 6) is 0.829. The molecule has 0 aromatic heterocycles. The molecule has 0 aliphatic carbocycles. The first-order valence-electron chi connectivity index (χ1n) is 6.09. The third kappa shape index (κ3) is 5.10. The average molecular weight is 267 g/mol. The quantitative estimate of drug-likeness (QED) is 0.832. The minimum absolute atomic E-state index is 0.0262. The summed E-state index contributed by atoms with van der Waals surface area (Å²) >= 11 is 1.73.